The van der Waals surface area contributed by atoms with Gasteiger partial charge in [-0.2, -0.15) is 0 Å². The molecule has 0 radical (unpaired) electrons. The molecule has 0 amide bonds. The van der Waals surface area contributed by atoms with Crippen LogP contribution in [0.3, 0.4) is 0 Å². The molecule has 1 saturated heterocycles. The summed E-state index contributed by atoms with van der Waals surface area (Å²) in [5.41, 5.74) is 0.505. The van der Waals surface area contributed by atoms with Crippen molar-refractivity contribution >= 4 is 33.3 Å². The van der Waals surface area contributed by atoms with Crippen molar-refractivity contribution in [2.24, 2.45) is 0 Å². The Bertz CT molecular complexity index is 473. The van der Waals surface area contributed by atoms with Crippen LogP contribution >= 0.6 is 27.5 Å². The van der Waals surface area contributed by atoms with E-state index in [4.69, 9.17) is 11.6 Å². The van der Waals surface area contributed by atoms with Crippen molar-refractivity contribution < 1.29 is 15.0 Å². The third-order valence-corrected chi connectivity index (χ3v) is 4.03. The quantitative estimate of drug-likeness (QED) is 0.813. The molecule has 0 aromatic heterocycles. The van der Waals surface area contributed by atoms with E-state index in [1.165, 1.54) is 0 Å². The Labute approximate surface area is 125 Å². The van der Waals surface area contributed by atoms with Gasteiger partial charge in [-0.1, -0.05) is 27.5 Å². The predicted molar refractivity (Wildman–Crippen MR) is 76.6 cm³/mol. The monoisotopic (exact) mass is 347 g/mol. The fourth-order valence-electron chi connectivity index (χ4n) is 2.14. The van der Waals surface area contributed by atoms with Crippen LogP contribution in [0.25, 0.3) is 0 Å². The molecular formula is C13H15BrClNO3. The number of benzene rings is 1. The number of carbonyl (C=O) groups is 1. The molecule has 4 nitrogen and oxygen atoms in total. The average molecular weight is 349 g/mol. The van der Waals surface area contributed by atoms with Crippen molar-refractivity contribution in [1.82, 2.24) is 4.90 Å². The van der Waals surface area contributed by atoms with Crippen molar-refractivity contribution in [2.75, 3.05) is 19.6 Å². The van der Waals surface area contributed by atoms with Crippen LogP contribution in [0.4, 0.5) is 0 Å². The van der Waals surface area contributed by atoms with Crippen molar-refractivity contribution in [3.05, 3.63) is 33.3 Å². The summed E-state index contributed by atoms with van der Waals surface area (Å²) in [6.07, 6.45) is -1.11. The van der Waals surface area contributed by atoms with E-state index in [0.29, 0.717) is 36.6 Å². The van der Waals surface area contributed by atoms with Gasteiger partial charge in [0, 0.05) is 36.1 Å². The zero-order chi connectivity index (χ0) is 14.0. The molecule has 104 valence electrons. The molecule has 1 aliphatic rings. The molecule has 0 spiro atoms. The minimum absolute atomic E-state index is 0.0339. The van der Waals surface area contributed by atoms with Crippen LogP contribution in [0.1, 0.15) is 16.8 Å². The molecule has 2 unspecified atom stereocenters. The molecule has 2 N–H and O–H groups in total. The van der Waals surface area contributed by atoms with Gasteiger partial charge in [0.2, 0.25) is 0 Å². The number of aliphatic hydroxyl groups is 2. The van der Waals surface area contributed by atoms with Gasteiger partial charge in [0.25, 0.3) is 0 Å². The maximum Gasteiger partial charge on any atom is 0.165 e. The molecule has 1 heterocycles. The lowest BCUT2D eigenvalue weighted by Gasteiger charge is -2.14. The molecule has 2 rings (SSSR count). The second-order valence-electron chi connectivity index (χ2n) is 4.69. The number of nitrogens with zero attached hydrogens (tertiary/aromatic N) is 1. The van der Waals surface area contributed by atoms with Crippen LogP contribution < -0.4 is 0 Å². The van der Waals surface area contributed by atoms with Gasteiger partial charge in [-0.15, -0.1) is 0 Å². The highest BCUT2D eigenvalue weighted by Gasteiger charge is 2.29. The molecule has 1 fully saturated rings. The maximum absolute atomic E-state index is 12.0. The van der Waals surface area contributed by atoms with Crippen LogP contribution in [-0.2, 0) is 0 Å². The third kappa shape index (κ3) is 3.77. The smallest absolute Gasteiger partial charge is 0.165 e. The van der Waals surface area contributed by atoms with Gasteiger partial charge < -0.3 is 10.2 Å². The summed E-state index contributed by atoms with van der Waals surface area (Å²) in [6.45, 7) is 1.32. The summed E-state index contributed by atoms with van der Waals surface area (Å²) >= 11 is 9.31. The fourth-order valence-corrected chi connectivity index (χ4v) is 2.92. The number of halogens is 2. The van der Waals surface area contributed by atoms with Gasteiger partial charge in [0.1, 0.15) is 0 Å². The Morgan fingerprint density at radius 3 is 2.58 bits per heavy atom. The number of aliphatic hydroxyl groups excluding tert-OH is 2. The van der Waals surface area contributed by atoms with Crippen LogP contribution in [0, 0.1) is 0 Å². The van der Waals surface area contributed by atoms with E-state index in [1.54, 1.807) is 18.2 Å². The molecule has 2 atom stereocenters. The normalized spacial score (nSPS) is 23.8. The first kappa shape index (κ1) is 14.9. The number of rotatable bonds is 4. The molecule has 1 aromatic carbocycles. The summed E-state index contributed by atoms with van der Waals surface area (Å²) in [5.74, 6) is -0.0339. The second kappa shape index (κ2) is 6.33. The first-order chi connectivity index (χ1) is 8.97. The minimum atomic E-state index is -0.716. The Hall–Kier alpha value is -0.460. The molecule has 0 saturated carbocycles. The molecule has 0 bridgehead atoms. The molecule has 1 aromatic rings. The van der Waals surface area contributed by atoms with Gasteiger partial charge >= 0.3 is 0 Å². The summed E-state index contributed by atoms with van der Waals surface area (Å²) in [7, 11) is 0. The predicted octanol–water partition coefficient (Wildman–Crippen LogP) is 1.71. The molecular weight excluding hydrogens is 334 g/mol. The van der Waals surface area contributed by atoms with E-state index < -0.39 is 12.2 Å². The van der Waals surface area contributed by atoms with E-state index in [9.17, 15) is 15.0 Å². The Balaban J connectivity index is 1.91. The second-order valence-corrected chi connectivity index (χ2v) is 6.01. The number of hydrogen-bond acceptors (Lipinski definition) is 4. The van der Waals surface area contributed by atoms with E-state index in [2.05, 4.69) is 15.9 Å². The highest BCUT2D eigenvalue weighted by molar-refractivity contribution is 9.10. The number of carbonyl (C=O) groups excluding carboxylic acids is 1. The van der Waals surface area contributed by atoms with E-state index in [-0.39, 0.29) is 5.78 Å². The van der Waals surface area contributed by atoms with Gasteiger partial charge in [-0.05, 0) is 18.2 Å². The average Bonchev–Trinajstić information content (AvgIpc) is 2.66. The van der Waals surface area contributed by atoms with Gasteiger partial charge in [0.15, 0.2) is 5.78 Å². The molecule has 1 aliphatic heterocycles. The summed E-state index contributed by atoms with van der Waals surface area (Å²) in [4.78, 5) is 13.9. The number of Topliss-reactive ketones (excluding diaryl/α,β-unsaturated/α-hetero) is 1. The van der Waals surface area contributed by atoms with Crippen molar-refractivity contribution in [1.29, 1.82) is 0 Å². The third-order valence-electron chi connectivity index (χ3n) is 3.22. The molecule has 6 heteroatoms. The largest absolute Gasteiger partial charge is 0.389 e. The fraction of sp³-hybridized carbons (Fsp3) is 0.462. The van der Waals surface area contributed by atoms with Gasteiger partial charge in [0.05, 0.1) is 17.2 Å². The Morgan fingerprint density at radius 2 is 2.00 bits per heavy atom. The van der Waals surface area contributed by atoms with E-state index in [1.807, 2.05) is 4.90 Å². The number of hydrogen-bond donors (Lipinski definition) is 2. The lowest BCUT2D eigenvalue weighted by Crippen LogP contribution is -2.25. The summed E-state index contributed by atoms with van der Waals surface area (Å²) in [5, 5.41) is 19.3. The van der Waals surface area contributed by atoms with Gasteiger partial charge in [-0.25, -0.2) is 0 Å². The van der Waals surface area contributed by atoms with Crippen LogP contribution in [0.5, 0.6) is 0 Å². The lowest BCUT2D eigenvalue weighted by molar-refractivity contribution is 0.0572. The van der Waals surface area contributed by atoms with Crippen molar-refractivity contribution in [3.63, 3.8) is 0 Å². The lowest BCUT2D eigenvalue weighted by atomic mass is 10.1. The number of likely N-dealkylation sites (tertiary alicyclic amines) is 1. The summed E-state index contributed by atoms with van der Waals surface area (Å²) < 4.78 is 0.833. The zero-order valence-corrected chi connectivity index (χ0v) is 12.6. The Kier molecular flexibility index (Phi) is 4.97. The minimum Gasteiger partial charge on any atom is -0.389 e. The van der Waals surface area contributed by atoms with Crippen LogP contribution in [0.15, 0.2) is 22.7 Å². The van der Waals surface area contributed by atoms with E-state index in [0.717, 1.165) is 4.47 Å². The van der Waals surface area contributed by atoms with Crippen molar-refractivity contribution in [2.45, 2.75) is 18.6 Å². The van der Waals surface area contributed by atoms with Gasteiger partial charge in [-0.3, -0.25) is 9.69 Å². The van der Waals surface area contributed by atoms with Crippen LogP contribution in [-0.4, -0.2) is 52.7 Å². The maximum atomic E-state index is 12.0. The SMILES string of the molecule is O=C(CCN1CC(O)C(O)C1)c1ccc(Br)cc1Cl. The highest BCUT2D eigenvalue weighted by Crippen LogP contribution is 2.22. The first-order valence-corrected chi connectivity index (χ1v) is 7.21. The number of β-amino-alcohol motifs (C(OH)–C–C–N with tert-alkyl or cyclic N) is 2. The summed E-state index contributed by atoms with van der Waals surface area (Å²) in [6, 6.07) is 5.17. The van der Waals surface area contributed by atoms with Crippen LogP contribution in [0.2, 0.25) is 5.02 Å². The zero-order valence-electron chi connectivity index (χ0n) is 10.2. The highest BCUT2D eigenvalue weighted by atomic mass is 79.9. The molecule has 0 aliphatic carbocycles. The number of ketones is 1. The van der Waals surface area contributed by atoms with Crippen molar-refractivity contribution in [3.8, 4) is 0 Å². The topological polar surface area (TPSA) is 60.8 Å². The van der Waals surface area contributed by atoms with E-state index >= 15 is 0 Å². The standard InChI is InChI=1S/C13H15BrClNO3/c14-8-1-2-9(10(15)5-8)11(17)3-4-16-6-12(18)13(19)7-16/h1-2,5,12-13,18-19H,3-4,6-7H2. The first-order valence-electron chi connectivity index (χ1n) is 6.04. The Morgan fingerprint density at radius 1 is 1.37 bits per heavy atom. The molecule has 19 heavy (non-hydrogen) atoms.